The third-order valence-electron chi connectivity index (χ3n) is 7.20. The second-order valence-electron chi connectivity index (χ2n) is 9.24. The molecule has 3 aromatic rings. The summed E-state index contributed by atoms with van der Waals surface area (Å²) in [5.74, 6) is -0.108. The van der Waals surface area contributed by atoms with Crippen molar-refractivity contribution in [1.82, 2.24) is 9.88 Å². The summed E-state index contributed by atoms with van der Waals surface area (Å²) in [5, 5.41) is 16.9. The van der Waals surface area contributed by atoms with E-state index in [-0.39, 0.29) is 46.5 Å². The minimum Gasteiger partial charge on any atom is -0.504 e. The standard InChI is InChI=1S/C26H28N4O4/c1-2-18(16-6-4-3-5-7-16)28-20-21(25(33)24(20)32)29-19-12-13-27-22(23(19)31)26(34)30-14-15-8-10-17(30)11-9-15/h3-7,12-13,15,17-18,28,31H,2,8-11,14H2,1H3,(H,27,29)/t15?,17?,18-/m1/s1. The van der Waals surface area contributed by atoms with Gasteiger partial charge in [0, 0.05) is 18.8 Å². The second-order valence-corrected chi connectivity index (χ2v) is 9.24. The molecule has 6 rings (SSSR count). The molecule has 8 heteroatoms. The number of carbonyl (C=O) groups is 1. The monoisotopic (exact) mass is 460 g/mol. The number of pyridine rings is 1. The molecule has 1 atom stereocenters. The topological polar surface area (TPSA) is 112 Å². The van der Waals surface area contributed by atoms with Gasteiger partial charge in [-0.1, -0.05) is 37.3 Å². The van der Waals surface area contributed by atoms with Gasteiger partial charge in [0.2, 0.25) is 0 Å². The fraction of sp³-hybridized carbons (Fsp3) is 0.385. The Morgan fingerprint density at radius 2 is 1.79 bits per heavy atom. The van der Waals surface area contributed by atoms with Crippen molar-refractivity contribution < 1.29 is 9.90 Å². The predicted molar refractivity (Wildman–Crippen MR) is 130 cm³/mol. The molecule has 1 aliphatic carbocycles. The maximum Gasteiger partial charge on any atom is 0.276 e. The minimum atomic E-state index is -0.664. The number of aromatic nitrogens is 1. The van der Waals surface area contributed by atoms with E-state index in [1.165, 1.54) is 12.3 Å². The molecule has 2 bridgehead atoms. The van der Waals surface area contributed by atoms with Gasteiger partial charge in [-0.3, -0.25) is 14.4 Å². The van der Waals surface area contributed by atoms with Crippen LogP contribution in [0.2, 0.25) is 0 Å². The summed E-state index contributed by atoms with van der Waals surface area (Å²) in [6, 6.07) is 11.2. The van der Waals surface area contributed by atoms with Crippen molar-refractivity contribution in [2.45, 2.75) is 51.1 Å². The molecule has 1 saturated carbocycles. The molecule has 34 heavy (non-hydrogen) atoms. The molecule has 3 aliphatic rings. The molecule has 2 aliphatic heterocycles. The second kappa shape index (κ2) is 8.93. The van der Waals surface area contributed by atoms with Gasteiger partial charge in [-0.05, 0) is 49.7 Å². The lowest BCUT2D eigenvalue weighted by atomic mass is 9.80. The predicted octanol–water partition coefficient (Wildman–Crippen LogP) is 3.70. The van der Waals surface area contributed by atoms with Crippen LogP contribution in [0.5, 0.6) is 5.75 Å². The van der Waals surface area contributed by atoms with E-state index >= 15 is 0 Å². The van der Waals surface area contributed by atoms with Gasteiger partial charge in [-0.25, -0.2) is 4.98 Å². The highest BCUT2D eigenvalue weighted by Gasteiger charge is 2.38. The Hall–Kier alpha value is -3.68. The van der Waals surface area contributed by atoms with Crippen LogP contribution in [0, 0.1) is 5.92 Å². The van der Waals surface area contributed by atoms with E-state index in [1.54, 1.807) is 0 Å². The number of hydrogen-bond acceptors (Lipinski definition) is 7. The van der Waals surface area contributed by atoms with Crippen molar-refractivity contribution in [2.24, 2.45) is 5.92 Å². The zero-order chi connectivity index (χ0) is 23.8. The average molecular weight is 461 g/mol. The number of hydrogen-bond donors (Lipinski definition) is 3. The lowest BCUT2D eigenvalue weighted by molar-refractivity contribution is 0.0325. The van der Waals surface area contributed by atoms with E-state index in [0.717, 1.165) is 31.2 Å². The lowest BCUT2D eigenvalue weighted by Crippen LogP contribution is -2.51. The van der Waals surface area contributed by atoms with Crippen molar-refractivity contribution >= 4 is 23.0 Å². The Morgan fingerprint density at radius 3 is 2.44 bits per heavy atom. The third-order valence-corrected chi connectivity index (χ3v) is 7.20. The fourth-order valence-electron chi connectivity index (χ4n) is 5.23. The molecule has 0 spiro atoms. The minimum absolute atomic E-state index is 0.0403. The van der Waals surface area contributed by atoms with Crippen LogP contribution in [0.25, 0.3) is 0 Å². The van der Waals surface area contributed by atoms with Crippen LogP contribution in [0.3, 0.4) is 0 Å². The number of piperidine rings is 2. The number of amides is 1. The van der Waals surface area contributed by atoms with E-state index in [2.05, 4.69) is 15.6 Å². The molecule has 2 aromatic carbocycles. The zero-order valence-electron chi connectivity index (χ0n) is 19.1. The molecular formula is C26H28N4O4. The number of nitrogens with zero attached hydrogens (tertiary/aromatic N) is 2. The summed E-state index contributed by atoms with van der Waals surface area (Å²) in [6.45, 7) is 2.68. The van der Waals surface area contributed by atoms with Crippen LogP contribution in [-0.2, 0) is 0 Å². The molecule has 8 nitrogen and oxygen atoms in total. The van der Waals surface area contributed by atoms with E-state index in [0.29, 0.717) is 18.9 Å². The summed E-state index contributed by atoms with van der Waals surface area (Å²) >= 11 is 0. The number of fused-ring (bicyclic) bond motifs is 3. The van der Waals surface area contributed by atoms with Crippen LogP contribution < -0.4 is 21.5 Å². The van der Waals surface area contributed by atoms with Gasteiger partial charge in [-0.2, -0.15) is 0 Å². The van der Waals surface area contributed by atoms with E-state index < -0.39 is 10.9 Å². The molecule has 0 radical (unpaired) electrons. The number of carbonyl (C=O) groups excluding carboxylic acids is 1. The molecule has 2 saturated heterocycles. The number of rotatable bonds is 7. The number of benzene rings is 1. The highest BCUT2D eigenvalue weighted by atomic mass is 16.3. The van der Waals surface area contributed by atoms with Crippen LogP contribution in [-0.4, -0.2) is 33.5 Å². The smallest absolute Gasteiger partial charge is 0.276 e. The summed E-state index contributed by atoms with van der Waals surface area (Å²) in [7, 11) is 0. The summed E-state index contributed by atoms with van der Waals surface area (Å²) in [6.07, 6.45) is 6.37. The fourth-order valence-corrected chi connectivity index (χ4v) is 5.23. The Morgan fingerprint density at radius 1 is 1.09 bits per heavy atom. The van der Waals surface area contributed by atoms with Crippen LogP contribution in [0.15, 0.2) is 52.2 Å². The summed E-state index contributed by atoms with van der Waals surface area (Å²) in [4.78, 5) is 43.8. The highest BCUT2D eigenvalue weighted by molar-refractivity contribution is 5.97. The molecule has 3 fully saturated rings. The normalized spacial score (nSPS) is 20.3. The number of aromatic hydroxyl groups is 1. The van der Waals surface area contributed by atoms with Crippen molar-refractivity contribution in [1.29, 1.82) is 0 Å². The lowest BCUT2D eigenvalue weighted by Gasteiger charge is -2.45. The number of anilines is 3. The first-order valence-corrected chi connectivity index (χ1v) is 11.9. The maximum atomic E-state index is 13.2. The SMILES string of the molecule is CC[C@@H](Nc1c(Nc2ccnc(C(=O)N3CC4CCC3CC4)c2O)c(=O)c1=O)c1ccccc1. The summed E-state index contributed by atoms with van der Waals surface area (Å²) < 4.78 is 0. The van der Waals surface area contributed by atoms with Crippen LogP contribution >= 0.6 is 0 Å². The zero-order valence-corrected chi connectivity index (χ0v) is 19.1. The Labute approximate surface area is 197 Å². The number of nitrogens with one attached hydrogen (secondary N) is 2. The van der Waals surface area contributed by atoms with E-state index in [9.17, 15) is 19.5 Å². The molecule has 1 aromatic heterocycles. The Balaban J connectivity index is 1.39. The first-order valence-electron chi connectivity index (χ1n) is 11.9. The van der Waals surface area contributed by atoms with Gasteiger partial charge in [-0.15, -0.1) is 0 Å². The highest BCUT2D eigenvalue weighted by Crippen LogP contribution is 2.38. The largest absolute Gasteiger partial charge is 0.504 e. The van der Waals surface area contributed by atoms with Crippen molar-refractivity contribution in [3.63, 3.8) is 0 Å². The molecule has 176 valence electrons. The third kappa shape index (κ3) is 3.83. The Bertz CT molecular complexity index is 1270. The molecular weight excluding hydrogens is 432 g/mol. The van der Waals surface area contributed by atoms with Crippen molar-refractivity contribution in [2.75, 3.05) is 17.2 Å². The molecule has 3 N–H and O–H groups in total. The quantitative estimate of drug-likeness (QED) is 0.461. The average Bonchev–Trinajstić information content (AvgIpc) is 2.89. The van der Waals surface area contributed by atoms with Gasteiger partial charge >= 0.3 is 0 Å². The Kier molecular flexibility index (Phi) is 5.81. The summed E-state index contributed by atoms with van der Waals surface area (Å²) in [5.41, 5.74) is 0.118. The van der Waals surface area contributed by atoms with Gasteiger partial charge in [0.25, 0.3) is 16.8 Å². The van der Waals surface area contributed by atoms with E-state index in [4.69, 9.17) is 0 Å². The van der Waals surface area contributed by atoms with Gasteiger partial charge in [0.05, 0.1) is 11.7 Å². The van der Waals surface area contributed by atoms with Crippen molar-refractivity contribution in [3.05, 3.63) is 74.3 Å². The molecule has 1 amide bonds. The molecule has 0 unspecified atom stereocenters. The van der Waals surface area contributed by atoms with Gasteiger partial charge in [0.1, 0.15) is 11.4 Å². The van der Waals surface area contributed by atoms with Gasteiger partial charge < -0.3 is 20.6 Å². The first-order chi connectivity index (χ1) is 16.5. The first kappa shape index (κ1) is 22.1. The van der Waals surface area contributed by atoms with Crippen LogP contribution in [0.1, 0.15) is 61.1 Å². The van der Waals surface area contributed by atoms with Crippen molar-refractivity contribution in [3.8, 4) is 5.75 Å². The van der Waals surface area contributed by atoms with E-state index in [1.807, 2.05) is 42.2 Å². The van der Waals surface area contributed by atoms with Crippen LogP contribution in [0.4, 0.5) is 17.1 Å². The van der Waals surface area contributed by atoms with Gasteiger partial charge in [0.15, 0.2) is 11.4 Å². The maximum absolute atomic E-state index is 13.2. The molecule has 3 heterocycles.